The molecule has 2 atom stereocenters. The number of nitrogens with two attached hydrogens (primary N) is 1. The van der Waals surface area contributed by atoms with E-state index in [0.717, 1.165) is 25.7 Å². The normalized spacial score (nSPS) is 14.0. The summed E-state index contributed by atoms with van der Waals surface area (Å²) in [7, 11) is 0. The van der Waals surface area contributed by atoms with Gasteiger partial charge < -0.3 is 21.3 Å². The van der Waals surface area contributed by atoms with Crippen LogP contribution in [0.4, 0.5) is 0 Å². The Hall–Kier alpha value is -2.06. The van der Waals surface area contributed by atoms with Crippen molar-refractivity contribution in [2.45, 2.75) is 71.9 Å². The predicted molar refractivity (Wildman–Crippen MR) is 123 cm³/mol. The van der Waals surface area contributed by atoms with Crippen LogP contribution < -0.4 is 11.1 Å². The number of carbonyl (C=O) groups excluding carboxylic acids is 1. The summed E-state index contributed by atoms with van der Waals surface area (Å²) in [6.45, 7) is 8.41. The van der Waals surface area contributed by atoms with Gasteiger partial charge in [-0.3, -0.25) is 9.59 Å². The molecule has 0 spiro atoms. The number of carboxylic acid groups (broad SMARTS) is 2. The third kappa shape index (κ3) is 14.9. The van der Waals surface area contributed by atoms with E-state index in [9.17, 15) is 19.5 Å². The number of carbonyl (C=O) groups is 3. The molecular formula is C22H36N2O5S. The van der Waals surface area contributed by atoms with Crippen molar-refractivity contribution in [2.75, 3.05) is 11.5 Å². The number of hydrogen-bond acceptors (Lipinski definition) is 5. The first-order valence-corrected chi connectivity index (χ1v) is 11.2. The van der Waals surface area contributed by atoms with E-state index in [1.807, 2.05) is 0 Å². The summed E-state index contributed by atoms with van der Waals surface area (Å²) in [6, 6.07) is -2.42. The lowest BCUT2D eigenvalue weighted by atomic mass is 10.1. The van der Waals surface area contributed by atoms with Crippen LogP contribution in [0.5, 0.6) is 0 Å². The van der Waals surface area contributed by atoms with E-state index in [1.165, 1.54) is 28.5 Å². The maximum absolute atomic E-state index is 11.7. The Labute approximate surface area is 183 Å². The van der Waals surface area contributed by atoms with Crippen molar-refractivity contribution in [1.29, 1.82) is 0 Å². The van der Waals surface area contributed by atoms with Crippen LogP contribution in [-0.4, -0.2) is 51.6 Å². The molecule has 0 aliphatic carbocycles. The lowest BCUT2D eigenvalue weighted by Crippen LogP contribution is -2.45. The number of nitrogens with one attached hydrogen (secondary N) is 1. The van der Waals surface area contributed by atoms with Gasteiger partial charge in [0.05, 0.1) is 6.42 Å². The number of rotatable bonds is 15. The Bertz CT molecular complexity index is 666. The average Bonchev–Trinajstić information content (AvgIpc) is 2.63. The van der Waals surface area contributed by atoms with Crippen LogP contribution in [0.3, 0.4) is 0 Å². The minimum absolute atomic E-state index is 0.191. The van der Waals surface area contributed by atoms with Crippen molar-refractivity contribution < 1.29 is 24.6 Å². The highest BCUT2D eigenvalue weighted by molar-refractivity contribution is 7.99. The molecule has 0 heterocycles. The molecule has 0 aromatic carbocycles. The second kappa shape index (κ2) is 15.7. The molecule has 8 heteroatoms. The van der Waals surface area contributed by atoms with Gasteiger partial charge in [0.2, 0.25) is 5.91 Å². The highest BCUT2D eigenvalue weighted by atomic mass is 32.2. The van der Waals surface area contributed by atoms with Gasteiger partial charge in [0.1, 0.15) is 12.1 Å². The van der Waals surface area contributed by atoms with Crippen LogP contribution in [0.1, 0.15) is 59.8 Å². The molecule has 0 rings (SSSR count). The molecule has 5 N–H and O–H groups in total. The van der Waals surface area contributed by atoms with Crippen molar-refractivity contribution in [3.63, 3.8) is 0 Å². The van der Waals surface area contributed by atoms with Crippen molar-refractivity contribution in [1.82, 2.24) is 5.32 Å². The summed E-state index contributed by atoms with van der Waals surface area (Å²) in [5, 5.41) is 20.3. The minimum Gasteiger partial charge on any atom is -0.480 e. The van der Waals surface area contributed by atoms with Crippen molar-refractivity contribution >= 4 is 29.6 Å². The van der Waals surface area contributed by atoms with Crippen LogP contribution in [-0.2, 0) is 14.4 Å². The molecule has 0 aliphatic heterocycles. The van der Waals surface area contributed by atoms with Crippen LogP contribution in [0.15, 0.2) is 34.9 Å². The Kier molecular flexibility index (Phi) is 14.7. The van der Waals surface area contributed by atoms with Gasteiger partial charge in [0.15, 0.2) is 0 Å². The van der Waals surface area contributed by atoms with Crippen LogP contribution in [0, 0.1) is 0 Å². The largest absolute Gasteiger partial charge is 0.480 e. The second-order valence-electron chi connectivity index (χ2n) is 7.60. The van der Waals surface area contributed by atoms with E-state index in [4.69, 9.17) is 10.8 Å². The quantitative estimate of drug-likeness (QED) is 0.226. The zero-order valence-electron chi connectivity index (χ0n) is 18.4. The monoisotopic (exact) mass is 440 g/mol. The van der Waals surface area contributed by atoms with E-state index >= 15 is 0 Å². The van der Waals surface area contributed by atoms with Crippen molar-refractivity contribution in [3.8, 4) is 0 Å². The summed E-state index contributed by atoms with van der Waals surface area (Å²) in [5.41, 5.74) is 9.25. The molecule has 7 nitrogen and oxygen atoms in total. The fourth-order valence-corrected chi connectivity index (χ4v) is 3.44. The van der Waals surface area contributed by atoms with Gasteiger partial charge in [-0.15, -0.1) is 0 Å². The van der Waals surface area contributed by atoms with Crippen LogP contribution in [0.25, 0.3) is 0 Å². The summed E-state index contributed by atoms with van der Waals surface area (Å²) >= 11 is 1.40. The Morgan fingerprint density at radius 2 is 1.50 bits per heavy atom. The molecule has 170 valence electrons. The summed E-state index contributed by atoms with van der Waals surface area (Å²) in [5.74, 6) is -2.31. The van der Waals surface area contributed by atoms with Crippen LogP contribution in [0.2, 0.25) is 0 Å². The third-order valence-electron chi connectivity index (χ3n) is 4.31. The van der Waals surface area contributed by atoms with E-state index in [1.54, 1.807) is 0 Å². The van der Waals surface area contributed by atoms with Crippen molar-refractivity contribution in [2.24, 2.45) is 5.73 Å². The zero-order valence-corrected chi connectivity index (χ0v) is 19.3. The van der Waals surface area contributed by atoms with E-state index in [0.29, 0.717) is 5.75 Å². The molecule has 1 unspecified atom stereocenters. The van der Waals surface area contributed by atoms with E-state index in [-0.39, 0.29) is 5.75 Å². The SMILES string of the molecule is CC(C)=CCC/C(C)=C/CC/C(C)=C/CSC[C@H](NC(=O)CC(N)C(=O)O)C(=O)O. The fraction of sp³-hybridized carbons (Fsp3) is 0.591. The van der Waals surface area contributed by atoms with Gasteiger partial charge in [0.25, 0.3) is 0 Å². The summed E-state index contributed by atoms with van der Waals surface area (Å²) in [4.78, 5) is 33.7. The predicted octanol–water partition coefficient (Wildman–Crippen LogP) is 3.51. The number of allylic oxidation sites excluding steroid dienone is 5. The topological polar surface area (TPSA) is 130 Å². The average molecular weight is 441 g/mol. The number of hydrogen-bond donors (Lipinski definition) is 4. The molecule has 0 saturated carbocycles. The Morgan fingerprint density at radius 1 is 0.933 bits per heavy atom. The molecule has 30 heavy (non-hydrogen) atoms. The summed E-state index contributed by atoms with van der Waals surface area (Å²) in [6.07, 6.45) is 10.2. The van der Waals surface area contributed by atoms with Crippen molar-refractivity contribution in [3.05, 3.63) is 34.9 Å². The molecule has 0 bridgehead atoms. The lowest BCUT2D eigenvalue weighted by molar-refractivity contribution is -0.142. The lowest BCUT2D eigenvalue weighted by Gasteiger charge is -2.15. The molecule has 0 radical (unpaired) electrons. The maximum atomic E-state index is 11.7. The molecular weight excluding hydrogens is 404 g/mol. The van der Waals surface area contributed by atoms with E-state index in [2.05, 4.69) is 51.2 Å². The molecule has 1 amide bonds. The van der Waals surface area contributed by atoms with Crippen LogP contribution >= 0.6 is 11.8 Å². The van der Waals surface area contributed by atoms with Gasteiger partial charge in [-0.05, 0) is 53.4 Å². The van der Waals surface area contributed by atoms with Gasteiger partial charge in [-0.2, -0.15) is 11.8 Å². The molecule has 0 aliphatic rings. The highest BCUT2D eigenvalue weighted by Crippen LogP contribution is 2.13. The Balaban J connectivity index is 4.28. The number of aliphatic carboxylic acids is 2. The number of amides is 1. The van der Waals surface area contributed by atoms with Gasteiger partial charge in [0, 0.05) is 11.5 Å². The number of thioether (sulfide) groups is 1. The number of carboxylic acids is 2. The van der Waals surface area contributed by atoms with Gasteiger partial charge in [-0.25, -0.2) is 4.79 Å². The fourth-order valence-electron chi connectivity index (χ4n) is 2.44. The van der Waals surface area contributed by atoms with Gasteiger partial charge in [-0.1, -0.05) is 34.9 Å². The first-order chi connectivity index (χ1) is 14.0. The third-order valence-corrected chi connectivity index (χ3v) is 5.28. The van der Waals surface area contributed by atoms with E-state index < -0.39 is 36.4 Å². The van der Waals surface area contributed by atoms with Gasteiger partial charge >= 0.3 is 11.9 Å². The minimum atomic E-state index is -1.34. The first kappa shape index (κ1) is 27.9. The Morgan fingerprint density at radius 3 is 2.03 bits per heavy atom. The summed E-state index contributed by atoms with van der Waals surface area (Å²) < 4.78 is 0. The standard InChI is InChI=1S/C22H36N2O5S/c1-15(2)7-5-8-16(3)9-6-10-17(4)11-12-30-14-19(22(28)29)24-20(25)13-18(23)21(26)27/h7,9,11,18-19H,5-6,8,10,12-14,23H2,1-4H3,(H,24,25)(H,26,27)(H,28,29)/b16-9+,17-11+/t18?,19-/m0/s1. The molecule has 0 aromatic heterocycles. The second-order valence-corrected chi connectivity index (χ2v) is 8.68. The highest BCUT2D eigenvalue weighted by Gasteiger charge is 2.22. The molecule has 0 aromatic rings. The smallest absolute Gasteiger partial charge is 0.327 e. The first-order valence-electron chi connectivity index (χ1n) is 10.1. The maximum Gasteiger partial charge on any atom is 0.327 e. The zero-order chi connectivity index (χ0) is 23.1. The molecule has 0 fully saturated rings. The molecule has 0 saturated heterocycles.